The van der Waals surface area contributed by atoms with E-state index >= 15 is 0 Å². The third kappa shape index (κ3) is 2.09. The second-order valence-electron chi connectivity index (χ2n) is 4.69. The number of carbonyl (C=O) groups is 1. The van der Waals surface area contributed by atoms with E-state index in [0.717, 1.165) is 22.2 Å². The first-order chi connectivity index (χ1) is 9.70. The molecule has 0 aliphatic carbocycles. The molecule has 3 nitrogen and oxygen atoms in total. The van der Waals surface area contributed by atoms with Gasteiger partial charge in [0.1, 0.15) is 0 Å². The van der Waals surface area contributed by atoms with Crippen molar-refractivity contribution in [2.45, 2.75) is 6.61 Å². The van der Waals surface area contributed by atoms with E-state index in [9.17, 15) is 9.82 Å². The van der Waals surface area contributed by atoms with Gasteiger partial charge in [-0.15, -0.1) is 0 Å². The quantitative estimate of drug-likeness (QED) is 0.523. The fourth-order valence-electron chi connectivity index (χ4n) is 2.49. The number of carbonyl (C=O) groups excluding carboxylic acids is 1. The van der Waals surface area contributed by atoms with Gasteiger partial charge in [0.05, 0.1) is 6.61 Å². The first-order valence-corrected chi connectivity index (χ1v) is 6.39. The summed E-state index contributed by atoms with van der Waals surface area (Å²) in [6.07, 6.45) is 1.30. The molecule has 0 aromatic heterocycles. The first kappa shape index (κ1) is 12.8. The Labute approximate surface area is 117 Å². The van der Waals surface area contributed by atoms with Crippen LogP contribution in [0.5, 0.6) is 0 Å². The van der Waals surface area contributed by atoms with Crippen LogP contribution >= 0.6 is 0 Å². The maximum Gasteiger partial charge on any atom is 0.492 e. The molecule has 0 atom stereocenters. The van der Waals surface area contributed by atoms with Gasteiger partial charge in [-0.3, -0.25) is 4.79 Å². The van der Waals surface area contributed by atoms with Crippen molar-refractivity contribution in [3.05, 3.63) is 66.2 Å². The number of rotatable bonds is 3. The Morgan fingerprint density at radius 3 is 2.90 bits per heavy atom. The SMILES string of the molecule is C=CC(=O)c1cccc(-c2cccc3c2B(O)OC3)c1. The summed E-state index contributed by atoms with van der Waals surface area (Å²) in [5, 5.41) is 9.94. The predicted octanol–water partition coefficient (Wildman–Crippen LogP) is 1.94. The van der Waals surface area contributed by atoms with E-state index in [1.807, 2.05) is 36.4 Å². The Kier molecular flexibility index (Phi) is 3.26. The standard InChI is InChI=1S/C16H13BO3/c1-2-15(18)12-6-3-5-11(9-12)14-8-4-7-13-10-20-17(19)16(13)14/h2-9,19H,1,10H2. The number of ketones is 1. The van der Waals surface area contributed by atoms with E-state index in [-0.39, 0.29) is 5.78 Å². The van der Waals surface area contributed by atoms with Gasteiger partial charge in [0.25, 0.3) is 0 Å². The molecule has 0 fully saturated rings. The zero-order chi connectivity index (χ0) is 14.1. The first-order valence-electron chi connectivity index (χ1n) is 6.39. The van der Waals surface area contributed by atoms with Crippen LogP contribution in [-0.2, 0) is 11.3 Å². The number of allylic oxidation sites excluding steroid dienone is 1. The van der Waals surface area contributed by atoms with Gasteiger partial charge in [0.2, 0.25) is 0 Å². The summed E-state index contributed by atoms with van der Waals surface area (Å²) in [5.74, 6) is -0.115. The van der Waals surface area contributed by atoms with Crippen molar-refractivity contribution in [2.75, 3.05) is 0 Å². The van der Waals surface area contributed by atoms with Crippen molar-refractivity contribution < 1.29 is 14.5 Å². The lowest BCUT2D eigenvalue weighted by Gasteiger charge is -2.09. The van der Waals surface area contributed by atoms with Crippen molar-refractivity contribution in [2.24, 2.45) is 0 Å². The minimum absolute atomic E-state index is 0.115. The van der Waals surface area contributed by atoms with Crippen LogP contribution in [0.4, 0.5) is 0 Å². The smallest absolute Gasteiger partial charge is 0.423 e. The predicted molar refractivity (Wildman–Crippen MR) is 78.8 cm³/mol. The summed E-state index contributed by atoms with van der Waals surface area (Å²) in [7, 11) is -0.903. The molecule has 1 aliphatic heterocycles. The lowest BCUT2D eigenvalue weighted by atomic mass is 9.74. The van der Waals surface area contributed by atoms with Crippen LogP contribution in [0.15, 0.2) is 55.1 Å². The van der Waals surface area contributed by atoms with Crippen LogP contribution in [-0.4, -0.2) is 17.9 Å². The van der Waals surface area contributed by atoms with Gasteiger partial charge in [0.15, 0.2) is 5.78 Å². The van der Waals surface area contributed by atoms with Crippen LogP contribution in [0.25, 0.3) is 11.1 Å². The Hall–Kier alpha value is -2.17. The molecule has 2 aromatic carbocycles. The third-order valence-electron chi connectivity index (χ3n) is 3.48. The van der Waals surface area contributed by atoms with Crippen LogP contribution in [0.2, 0.25) is 0 Å². The van der Waals surface area contributed by atoms with E-state index in [2.05, 4.69) is 6.58 Å². The fourth-order valence-corrected chi connectivity index (χ4v) is 2.49. The van der Waals surface area contributed by atoms with Crippen molar-refractivity contribution in [1.29, 1.82) is 0 Å². The van der Waals surface area contributed by atoms with Gasteiger partial charge in [-0.25, -0.2) is 0 Å². The van der Waals surface area contributed by atoms with Crippen LogP contribution in [0.1, 0.15) is 15.9 Å². The summed E-state index contributed by atoms with van der Waals surface area (Å²) in [4.78, 5) is 11.7. The lowest BCUT2D eigenvalue weighted by molar-refractivity contribution is 0.104. The highest BCUT2D eigenvalue weighted by Crippen LogP contribution is 2.23. The number of fused-ring (bicyclic) bond motifs is 1. The summed E-state index contributed by atoms with van der Waals surface area (Å²) in [6, 6.07) is 13.1. The zero-order valence-corrected chi connectivity index (χ0v) is 10.9. The average molecular weight is 264 g/mol. The molecule has 1 aliphatic rings. The van der Waals surface area contributed by atoms with Gasteiger partial charge in [-0.05, 0) is 34.3 Å². The van der Waals surface area contributed by atoms with E-state index in [1.54, 1.807) is 6.07 Å². The molecule has 0 unspecified atom stereocenters. The number of hydrogen-bond donors (Lipinski definition) is 1. The number of hydrogen-bond acceptors (Lipinski definition) is 3. The van der Waals surface area contributed by atoms with E-state index < -0.39 is 7.12 Å². The number of benzene rings is 2. The van der Waals surface area contributed by atoms with E-state index in [1.165, 1.54) is 6.08 Å². The Balaban J connectivity index is 2.13. The van der Waals surface area contributed by atoms with Crippen LogP contribution < -0.4 is 5.46 Å². The molecule has 0 radical (unpaired) electrons. The highest BCUT2D eigenvalue weighted by Gasteiger charge is 2.30. The monoisotopic (exact) mass is 264 g/mol. The summed E-state index contributed by atoms with van der Waals surface area (Å²) >= 11 is 0. The molecule has 1 N–H and O–H groups in total. The molecule has 0 bridgehead atoms. The molecule has 0 spiro atoms. The Bertz CT molecular complexity index is 694. The molecule has 98 valence electrons. The lowest BCUT2D eigenvalue weighted by Crippen LogP contribution is -2.29. The highest BCUT2D eigenvalue weighted by atomic mass is 16.5. The fraction of sp³-hybridized carbons (Fsp3) is 0.0625. The minimum Gasteiger partial charge on any atom is -0.423 e. The summed E-state index contributed by atoms with van der Waals surface area (Å²) < 4.78 is 5.26. The summed E-state index contributed by atoms with van der Waals surface area (Å²) in [5.41, 5.74) is 4.14. The average Bonchev–Trinajstić information content (AvgIpc) is 2.88. The molecular weight excluding hydrogens is 251 g/mol. The van der Waals surface area contributed by atoms with Crippen molar-refractivity contribution in [1.82, 2.24) is 0 Å². The molecule has 2 aromatic rings. The molecule has 4 heteroatoms. The largest absolute Gasteiger partial charge is 0.492 e. The molecule has 0 saturated carbocycles. The topological polar surface area (TPSA) is 46.5 Å². The summed E-state index contributed by atoms with van der Waals surface area (Å²) in [6.45, 7) is 3.91. The third-order valence-corrected chi connectivity index (χ3v) is 3.48. The second kappa shape index (κ2) is 5.08. The maximum atomic E-state index is 11.7. The van der Waals surface area contributed by atoms with E-state index in [4.69, 9.17) is 4.65 Å². The van der Waals surface area contributed by atoms with Gasteiger partial charge >= 0.3 is 7.12 Å². The molecule has 0 amide bonds. The van der Waals surface area contributed by atoms with Gasteiger partial charge in [-0.2, -0.15) is 0 Å². The minimum atomic E-state index is -0.903. The molecule has 20 heavy (non-hydrogen) atoms. The molecule has 0 saturated heterocycles. The van der Waals surface area contributed by atoms with Gasteiger partial charge < -0.3 is 9.68 Å². The molecule has 1 heterocycles. The maximum absolute atomic E-state index is 11.7. The molecule has 3 rings (SSSR count). The molecular formula is C16H13BO3. The van der Waals surface area contributed by atoms with Crippen LogP contribution in [0.3, 0.4) is 0 Å². The Morgan fingerprint density at radius 2 is 2.10 bits per heavy atom. The normalized spacial score (nSPS) is 13.2. The second-order valence-corrected chi connectivity index (χ2v) is 4.69. The Morgan fingerprint density at radius 1 is 1.30 bits per heavy atom. The van der Waals surface area contributed by atoms with Crippen molar-refractivity contribution in [3.8, 4) is 11.1 Å². The van der Waals surface area contributed by atoms with Gasteiger partial charge in [0, 0.05) is 5.56 Å². The van der Waals surface area contributed by atoms with Crippen molar-refractivity contribution >= 4 is 18.4 Å². The van der Waals surface area contributed by atoms with Gasteiger partial charge in [-0.1, -0.05) is 43.0 Å². The zero-order valence-electron chi connectivity index (χ0n) is 10.9. The van der Waals surface area contributed by atoms with E-state index in [0.29, 0.717) is 12.2 Å². The highest BCUT2D eigenvalue weighted by molar-refractivity contribution is 6.63. The van der Waals surface area contributed by atoms with Crippen LogP contribution in [0, 0.1) is 0 Å². The van der Waals surface area contributed by atoms with Crippen molar-refractivity contribution in [3.63, 3.8) is 0 Å².